The molecule has 7 heteroatoms. The second-order valence-corrected chi connectivity index (χ2v) is 8.11. The molecule has 1 unspecified atom stereocenters. The lowest BCUT2D eigenvalue weighted by atomic mass is 9.93. The molecule has 0 aliphatic carbocycles. The summed E-state index contributed by atoms with van der Waals surface area (Å²) in [5, 5.41) is 17.7. The normalized spacial score (nSPS) is 12.7. The van der Waals surface area contributed by atoms with Crippen LogP contribution in [-0.2, 0) is 12.0 Å². The number of nitrogens with one attached hydrogen (secondary N) is 1. The number of imidazole rings is 1. The molecule has 3 aromatic rings. The summed E-state index contributed by atoms with van der Waals surface area (Å²) in [6.45, 7) is 8.99. The zero-order valence-corrected chi connectivity index (χ0v) is 16.3. The number of hydrogen-bond donors (Lipinski definition) is 1. The monoisotopic (exact) mass is 369 g/mol. The first-order valence-electron chi connectivity index (χ1n) is 8.65. The molecule has 0 spiro atoms. The number of aromatic nitrogens is 3. The predicted octanol–water partition coefficient (Wildman–Crippen LogP) is 4.38. The number of anilines is 1. The van der Waals surface area contributed by atoms with E-state index in [1.165, 1.54) is 11.3 Å². The smallest absolute Gasteiger partial charge is 0.214 e. The van der Waals surface area contributed by atoms with Crippen LogP contribution in [0.1, 0.15) is 45.4 Å². The molecule has 0 aliphatic heterocycles. The van der Waals surface area contributed by atoms with Gasteiger partial charge >= 0.3 is 0 Å². The van der Waals surface area contributed by atoms with Crippen molar-refractivity contribution >= 4 is 21.4 Å². The zero-order valence-electron chi connectivity index (χ0n) is 15.5. The molecule has 0 saturated heterocycles. The van der Waals surface area contributed by atoms with Crippen molar-refractivity contribution in [2.45, 2.75) is 52.2 Å². The molecule has 0 amide bonds. The van der Waals surface area contributed by atoms with Gasteiger partial charge in [-0.15, -0.1) is 5.10 Å². The molecule has 0 fully saturated rings. The number of nitrogens with zero attached hydrogens (tertiary/aromatic N) is 4. The van der Waals surface area contributed by atoms with Crippen LogP contribution in [0.3, 0.4) is 0 Å². The third-order valence-electron chi connectivity index (χ3n) is 3.95. The van der Waals surface area contributed by atoms with Gasteiger partial charge in [0, 0.05) is 12.0 Å². The van der Waals surface area contributed by atoms with Crippen molar-refractivity contribution in [3.63, 3.8) is 0 Å². The summed E-state index contributed by atoms with van der Waals surface area (Å²) in [5.41, 5.74) is 2.12. The van der Waals surface area contributed by atoms with Gasteiger partial charge < -0.3 is 10.1 Å². The summed E-state index contributed by atoms with van der Waals surface area (Å²) < 4.78 is 7.50. The highest BCUT2D eigenvalue weighted by molar-refractivity contribution is 7.20. The van der Waals surface area contributed by atoms with Gasteiger partial charge in [0.2, 0.25) is 10.1 Å². The molecule has 136 valence electrons. The van der Waals surface area contributed by atoms with E-state index in [9.17, 15) is 0 Å². The third kappa shape index (κ3) is 4.14. The lowest BCUT2D eigenvalue weighted by Crippen LogP contribution is -2.12. The molecule has 2 heterocycles. The largest absolute Gasteiger partial charge is 0.476 e. The minimum absolute atomic E-state index is 0.0151. The van der Waals surface area contributed by atoms with Crippen molar-refractivity contribution in [1.29, 1.82) is 5.26 Å². The minimum atomic E-state index is -0.415. The Kier molecular flexibility index (Phi) is 5.14. The molecule has 0 bridgehead atoms. The average molecular weight is 369 g/mol. The number of ether oxygens (including phenoxy) is 1. The van der Waals surface area contributed by atoms with E-state index in [0.717, 1.165) is 21.3 Å². The number of rotatable bonds is 6. The van der Waals surface area contributed by atoms with E-state index in [-0.39, 0.29) is 5.41 Å². The highest BCUT2D eigenvalue weighted by Crippen LogP contribution is 2.26. The second-order valence-electron chi connectivity index (χ2n) is 7.16. The van der Waals surface area contributed by atoms with Crippen LogP contribution < -0.4 is 10.1 Å². The first kappa shape index (κ1) is 18.2. The Morgan fingerprint density at radius 2 is 2.19 bits per heavy atom. The maximum absolute atomic E-state index is 9.02. The Labute approximate surface area is 157 Å². The molecule has 1 atom stereocenters. The molecule has 1 N–H and O–H groups in total. The number of nitriles is 1. The highest BCUT2D eigenvalue weighted by Gasteiger charge is 2.19. The summed E-state index contributed by atoms with van der Waals surface area (Å²) in [7, 11) is 0. The van der Waals surface area contributed by atoms with E-state index < -0.39 is 6.10 Å². The van der Waals surface area contributed by atoms with Gasteiger partial charge in [-0.1, -0.05) is 51.2 Å². The maximum atomic E-state index is 9.02. The SMILES string of the molecule is CCC(C#N)Oc1cccc(CNc2nn3cc(C(C)(C)C)nc3s2)c1. The Morgan fingerprint density at radius 3 is 2.85 bits per heavy atom. The van der Waals surface area contributed by atoms with E-state index in [1.54, 1.807) is 0 Å². The quantitative estimate of drug-likeness (QED) is 0.698. The van der Waals surface area contributed by atoms with E-state index in [0.29, 0.717) is 18.7 Å². The number of hydrogen-bond acceptors (Lipinski definition) is 6. The second kappa shape index (κ2) is 7.34. The Bertz CT molecular complexity index is 900. The van der Waals surface area contributed by atoms with Gasteiger partial charge in [0.05, 0.1) is 11.9 Å². The van der Waals surface area contributed by atoms with Crippen LogP contribution in [0.25, 0.3) is 4.96 Å². The average Bonchev–Trinajstić information content (AvgIpc) is 3.16. The van der Waals surface area contributed by atoms with Crippen LogP contribution in [0.5, 0.6) is 5.75 Å². The van der Waals surface area contributed by atoms with E-state index in [2.05, 4.69) is 42.2 Å². The summed E-state index contributed by atoms with van der Waals surface area (Å²) in [5.74, 6) is 0.710. The molecule has 1 aromatic carbocycles. The van der Waals surface area contributed by atoms with Crippen molar-refractivity contribution in [3.05, 3.63) is 41.7 Å². The van der Waals surface area contributed by atoms with Crippen LogP contribution in [0, 0.1) is 11.3 Å². The Balaban J connectivity index is 1.66. The molecule has 0 aliphatic rings. The molecule has 26 heavy (non-hydrogen) atoms. The Hall–Kier alpha value is -2.59. The van der Waals surface area contributed by atoms with Gasteiger partial charge in [0.1, 0.15) is 11.8 Å². The lowest BCUT2D eigenvalue weighted by Gasteiger charge is -2.13. The topological polar surface area (TPSA) is 75.2 Å². The number of benzene rings is 1. The Morgan fingerprint density at radius 1 is 1.38 bits per heavy atom. The fourth-order valence-corrected chi connectivity index (χ4v) is 3.18. The molecular weight excluding hydrogens is 346 g/mol. The van der Waals surface area contributed by atoms with Crippen LogP contribution in [0.15, 0.2) is 30.5 Å². The fraction of sp³-hybridized carbons (Fsp3) is 0.421. The maximum Gasteiger partial charge on any atom is 0.214 e. The summed E-state index contributed by atoms with van der Waals surface area (Å²) in [6, 6.07) is 9.92. The molecule has 0 radical (unpaired) electrons. The molecule has 2 aromatic heterocycles. The van der Waals surface area contributed by atoms with Crippen LogP contribution in [0.2, 0.25) is 0 Å². The number of fused-ring (bicyclic) bond motifs is 1. The van der Waals surface area contributed by atoms with Crippen molar-refractivity contribution in [1.82, 2.24) is 14.6 Å². The molecule has 0 saturated carbocycles. The van der Waals surface area contributed by atoms with Gasteiger partial charge in [-0.25, -0.2) is 9.50 Å². The predicted molar refractivity (Wildman–Crippen MR) is 104 cm³/mol. The van der Waals surface area contributed by atoms with Crippen LogP contribution in [-0.4, -0.2) is 20.7 Å². The van der Waals surface area contributed by atoms with E-state index in [4.69, 9.17) is 10.00 Å². The van der Waals surface area contributed by atoms with Gasteiger partial charge in [-0.2, -0.15) is 5.26 Å². The van der Waals surface area contributed by atoms with Crippen LogP contribution in [0.4, 0.5) is 5.13 Å². The van der Waals surface area contributed by atoms with E-state index >= 15 is 0 Å². The van der Waals surface area contributed by atoms with E-state index in [1.807, 2.05) is 41.9 Å². The first-order valence-corrected chi connectivity index (χ1v) is 9.46. The summed E-state index contributed by atoms with van der Waals surface area (Å²) in [6.07, 6.45) is 2.23. The minimum Gasteiger partial charge on any atom is -0.476 e. The molecular formula is C19H23N5OS. The van der Waals surface area contributed by atoms with Gasteiger partial charge in [0.25, 0.3) is 0 Å². The summed E-state index contributed by atoms with van der Waals surface area (Å²) >= 11 is 1.53. The van der Waals surface area contributed by atoms with Crippen molar-refractivity contribution in [2.24, 2.45) is 0 Å². The van der Waals surface area contributed by atoms with Crippen molar-refractivity contribution in [3.8, 4) is 11.8 Å². The van der Waals surface area contributed by atoms with Gasteiger partial charge in [0.15, 0.2) is 6.10 Å². The van der Waals surface area contributed by atoms with Crippen LogP contribution >= 0.6 is 11.3 Å². The summed E-state index contributed by atoms with van der Waals surface area (Å²) in [4.78, 5) is 5.54. The standard InChI is InChI=1S/C19H23N5OS/c1-5-14(10-20)25-15-8-6-7-13(9-15)11-21-17-23-24-12-16(19(2,3)4)22-18(24)26-17/h6-9,12,14H,5,11H2,1-4H3,(H,21,23). The van der Waals surface area contributed by atoms with Gasteiger partial charge in [-0.05, 0) is 24.1 Å². The molecule has 6 nitrogen and oxygen atoms in total. The van der Waals surface area contributed by atoms with Crippen molar-refractivity contribution < 1.29 is 4.74 Å². The fourth-order valence-electron chi connectivity index (χ4n) is 2.40. The third-order valence-corrected chi connectivity index (χ3v) is 4.83. The lowest BCUT2D eigenvalue weighted by molar-refractivity contribution is 0.251. The van der Waals surface area contributed by atoms with Gasteiger partial charge in [-0.3, -0.25) is 0 Å². The molecule has 3 rings (SSSR count). The first-order chi connectivity index (χ1) is 12.4. The zero-order chi connectivity index (χ0) is 18.7. The van der Waals surface area contributed by atoms with Crippen molar-refractivity contribution in [2.75, 3.05) is 5.32 Å². The highest BCUT2D eigenvalue weighted by atomic mass is 32.1.